The van der Waals surface area contributed by atoms with Crippen molar-refractivity contribution in [1.82, 2.24) is 10.2 Å². The van der Waals surface area contributed by atoms with Crippen molar-refractivity contribution in [3.63, 3.8) is 0 Å². The largest absolute Gasteiger partial charge is 0.458 e. The molecule has 1 fully saturated rings. The lowest BCUT2D eigenvalue weighted by atomic mass is 9.81. The molecule has 0 radical (unpaired) electrons. The van der Waals surface area contributed by atoms with Gasteiger partial charge in [-0.05, 0) is 35.3 Å². The van der Waals surface area contributed by atoms with Gasteiger partial charge in [0, 0.05) is 30.9 Å². The van der Waals surface area contributed by atoms with Gasteiger partial charge in [0.15, 0.2) is 0 Å². The molecule has 256 valence electrons. The number of nitrogens with zero attached hydrogens (tertiary/aromatic N) is 2. The number of nitro groups is 1. The standard InChI is InChI=1S/C39H36N4O6.H2O/c1-26-33(38(44)48-22-12-15-27-13-5-2-6-14-27)34(30-20-11-21-31(23-30)43(46)47)35(37(40)41-26)39(45)49-32-24-42(25-32)36(28-16-7-3-8-17-28)29-18-9-4-10-19-29;/h2-21,23,32,34,36,41H,22,24-25,40H2,1H3;1H2. The summed E-state index contributed by atoms with van der Waals surface area (Å²) in [6.45, 7) is 2.56. The van der Waals surface area contributed by atoms with Crippen LogP contribution in [0.25, 0.3) is 6.08 Å². The Bertz CT molecular complexity index is 1880. The third-order valence-electron chi connectivity index (χ3n) is 8.61. The Kier molecular flexibility index (Phi) is 11.2. The summed E-state index contributed by atoms with van der Waals surface area (Å²) >= 11 is 0. The van der Waals surface area contributed by atoms with E-state index in [1.54, 1.807) is 19.1 Å². The molecular formula is C39H38N4O7. The van der Waals surface area contributed by atoms with Gasteiger partial charge in [0.25, 0.3) is 5.69 Å². The number of hydrogen-bond donors (Lipinski definition) is 2. The summed E-state index contributed by atoms with van der Waals surface area (Å²) in [7, 11) is 0. The number of nitro benzene ring substituents is 1. The molecule has 2 aliphatic rings. The summed E-state index contributed by atoms with van der Waals surface area (Å²) in [6.07, 6.45) is 3.09. The van der Waals surface area contributed by atoms with Crippen molar-refractivity contribution in [3.05, 3.63) is 176 Å². The molecule has 50 heavy (non-hydrogen) atoms. The number of allylic oxidation sites excluding steroid dienone is 1. The summed E-state index contributed by atoms with van der Waals surface area (Å²) < 4.78 is 11.6. The van der Waals surface area contributed by atoms with Crippen molar-refractivity contribution in [3.8, 4) is 0 Å². The predicted octanol–water partition coefficient (Wildman–Crippen LogP) is 5.17. The fraction of sp³-hybridized carbons (Fsp3) is 0.179. The smallest absolute Gasteiger partial charge is 0.339 e. The van der Waals surface area contributed by atoms with E-state index in [9.17, 15) is 19.7 Å². The number of non-ortho nitro benzene ring substituents is 1. The van der Waals surface area contributed by atoms with Crippen LogP contribution in [0, 0.1) is 10.1 Å². The topological polar surface area (TPSA) is 169 Å². The quantitative estimate of drug-likeness (QED) is 0.124. The maximum absolute atomic E-state index is 14.0. The molecule has 1 saturated heterocycles. The van der Waals surface area contributed by atoms with Gasteiger partial charge in [-0.1, -0.05) is 109 Å². The van der Waals surface area contributed by atoms with E-state index in [0.717, 1.165) is 16.7 Å². The number of benzene rings is 4. The van der Waals surface area contributed by atoms with Crippen LogP contribution in [0.4, 0.5) is 5.69 Å². The Labute approximate surface area is 289 Å². The zero-order valence-electron chi connectivity index (χ0n) is 27.4. The molecule has 0 spiro atoms. The van der Waals surface area contributed by atoms with Crippen LogP contribution in [-0.4, -0.2) is 53.0 Å². The first-order valence-electron chi connectivity index (χ1n) is 16.0. The minimum absolute atomic E-state index is 0. The van der Waals surface area contributed by atoms with Crippen molar-refractivity contribution in [2.75, 3.05) is 19.7 Å². The minimum Gasteiger partial charge on any atom is -0.458 e. The van der Waals surface area contributed by atoms with Gasteiger partial charge in [-0.3, -0.25) is 15.0 Å². The second-order valence-electron chi connectivity index (χ2n) is 11.9. The molecule has 0 bridgehead atoms. The molecule has 11 heteroatoms. The highest BCUT2D eigenvalue weighted by atomic mass is 16.6. The van der Waals surface area contributed by atoms with E-state index in [1.165, 1.54) is 18.2 Å². The van der Waals surface area contributed by atoms with Gasteiger partial charge in [0.1, 0.15) is 18.5 Å². The Balaban J connectivity index is 0.00000486. The second-order valence-corrected chi connectivity index (χ2v) is 11.9. The van der Waals surface area contributed by atoms with E-state index >= 15 is 0 Å². The number of hydrogen-bond acceptors (Lipinski definition) is 9. The number of nitrogens with one attached hydrogen (secondary N) is 1. The van der Waals surface area contributed by atoms with Gasteiger partial charge < -0.3 is 26.0 Å². The van der Waals surface area contributed by atoms with Crippen LogP contribution in [0.1, 0.15) is 41.1 Å². The third-order valence-corrected chi connectivity index (χ3v) is 8.61. The Hall–Kier alpha value is -6.04. The lowest BCUT2D eigenvalue weighted by molar-refractivity contribution is -0.384. The highest BCUT2D eigenvalue weighted by molar-refractivity contribution is 6.00. The average molecular weight is 675 g/mol. The summed E-state index contributed by atoms with van der Waals surface area (Å²) in [6, 6.07) is 35.6. The van der Waals surface area contributed by atoms with Crippen LogP contribution in [0.3, 0.4) is 0 Å². The Morgan fingerprint density at radius 3 is 2.10 bits per heavy atom. The third kappa shape index (κ3) is 7.81. The van der Waals surface area contributed by atoms with E-state index < -0.39 is 28.9 Å². The van der Waals surface area contributed by atoms with Crippen LogP contribution in [0.5, 0.6) is 0 Å². The number of ether oxygens (including phenoxy) is 2. The lowest BCUT2D eigenvalue weighted by Crippen LogP contribution is -2.54. The summed E-state index contributed by atoms with van der Waals surface area (Å²) in [5.41, 5.74) is 10.2. The monoisotopic (exact) mass is 674 g/mol. The van der Waals surface area contributed by atoms with Crippen molar-refractivity contribution in [1.29, 1.82) is 0 Å². The summed E-state index contributed by atoms with van der Waals surface area (Å²) in [5, 5.41) is 14.7. The molecule has 4 aromatic carbocycles. The molecule has 0 aromatic heterocycles. The Morgan fingerprint density at radius 2 is 1.50 bits per heavy atom. The van der Waals surface area contributed by atoms with E-state index in [4.69, 9.17) is 15.2 Å². The number of rotatable bonds is 11. The molecule has 1 atom stereocenters. The van der Waals surface area contributed by atoms with Crippen molar-refractivity contribution in [2.24, 2.45) is 5.73 Å². The van der Waals surface area contributed by atoms with Crippen molar-refractivity contribution >= 4 is 23.7 Å². The number of likely N-dealkylation sites (tertiary alicyclic amines) is 1. The first kappa shape index (κ1) is 35.3. The number of esters is 2. The van der Waals surface area contributed by atoms with Gasteiger partial charge in [-0.15, -0.1) is 0 Å². The fourth-order valence-electron chi connectivity index (χ4n) is 6.31. The predicted molar refractivity (Wildman–Crippen MR) is 189 cm³/mol. The Morgan fingerprint density at radius 1 is 0.900 bits per heavy atom. The van der Waals surface area contributed by atoms with Gasteiger partial charge in [-0.25, -0.2) is 9.59 Å². The van der Waals surface area contributed by atoms with Crippen molar-refractivity contribution in [2.45, 2.75) is 25.0 Å². The van der Waals surface area contributed by atoms with E-state index in [0.29, 0.717) is 24.4 Å². The average Bonchev–Trinajstić information content (AvgIpc) is 3.10. The van der Waals surface area contributed by atoms with Crippen molar-refractivity contribution < 1.29 is 29.5 Å². The lowest BCUT2D eigenvalue weighted by Gasteiger charge is -2.44. The first-order chi connectivity index (χ1) is 23.8. The molecule has 11 nitrogen and oxygen atoms in total. The van der Waals surface area contributed by atoms with Crippen LogP contribution in [0.15, 0.2) is 144 Å². The van der Waals surface area contributed by atoms with Gasteiger partial charge in [0.05, 0.1) is 28.0 Å². The second kappa shape index (κ2) is 15.9. The normalized spacial score (nSPS) is 16.4. The van der Waals surface area contributed by atoms with E-state index in [1.807, 2.05) is 72.8 Å². The molecular weight excluding hydrogens is 636 g/mol. The maximum atomic E-state index is 14.0. The van der Waals surface area contributed by atoms with E-state index in [-0.39, 0.29) is 40.8 Å². The number of carbonyl (C=O) groups is 2. The first-order valence-corrected chi connectivity index (χ1v) is 16.0. The summed E-state index contributed by atoms with van der Waals surface area (Å²) in [4.78, 5) is 41.1. The number of nitrogens with two attached hydrogens (primary N) is 1. The molecule has 4 aromatic rings. The molecule has 5 N–H and O–H groups in total. The zero-order chi connectivity index (χ0) is 34.3. The molecule has 1 unspecified atom stereocenters. The van der Waals surface area contributed by atoms with Gasteiger partial charge in [-0.2, -0.15) is 0 Å². The summed E-state index contributed by atoms with van der Waals surface area (Å²) in [5.74, 6) is -2.48. The number of dihydropyridines is 1. The van der Waals surface area contributed by atoms with E-state index in [2.05, 4.69) is 34.5 Å². The number of carbonyl (C=O) groups excluding carboxylic acids is 2. The minimum atomic E-state index is -1.07. The van der Waals surface area contributed by atoms with Gasteiger partial charge >= 0.3 is 11.9 Å². The van der Waals surface area contributed by atoms with Crippen LogP contribution < -0.4 is 11.1 Å². The molecule has 0 amide bonds. The van der Waals surface area contributed by atoms with Gasteiger partial charge in [0.2, 0.25) is 0 Å². The zero-order valence-corrected chi connectivity index (χ0v) is 27.4. The highest BCUT2D eigenvalue weighted by Crippen LogP contribution is 2.40. The SMILES string of the molecule is CC1=C(C(=O)OCC=Cc2ccccc2)C(c2cccc([N+](=O)[O-])c2)C(C(=O)OC2CN(C(c3ccccc3)c3ccccc3)C2)=C(N)N1.O. The van der Waals surface area contributed by atoms with Crippen LogP contribution in [0.2, 0.25) is 0 Å². The maximum Gasteiger partial charge on any atom is 0.339 e. The molecule has 2 heterocycles. The molecule has 0 aliphatic carbocycles. The highest BCUT2D eigenvalue weighted by Gasteiger charge is 2.42. The molecule has 6 rings (SSSR count). The van der Waals surface area contributed by atoms with Crippen LogP contribution in [-0.2, 0) is 19.1 Å². The fourth-order valence-corrected chi connectivity index (χ4v) is 6.31. The molecule has 0 saturated carbocycles. The van der Waals surface area contributed by atoms with Crippen LogP contribution >= 0.6 is 0 Å². The molecule has 2 aliphatic heterocycles.